The van der Waals surface area contributed by atoms with Gasteiger partial charge >= 0.3 is 5.97 Å². The topological polar surface area (TPSA) is 63.3 Å². The van der Waals surface area contributed by atoms with E-state index in [-0.39, 0.29) is 5.92 Å². The van der Waals surface area contributed by atoms with Gasteiger partial charge in [0.15, 0.2) is 0 Å². The van der Waals surface area contributed by atoms with Gasteiger partial charge in [0.25, 0.3) is 0 Å². The molecule has 0 aromatic heterocycles. The minimum atomic E-state index is -0.656. The number of carboxylic acid groups (broad SMARTS) is 1. The van der Waals surface area contributed by atoms with Gasteiger partial charge in [0.1, 0.15) is 0 Å². The summed E-state index contributed by atoms with van der Waals surface area (Å²) in [4.78, 5) is 11.6. The molecule has 128 valence electrons. The molecule has 0 aromatic carbocycles. The highest BCUT2D eigenvalue weighted by Crippen LogP contribution is 2.48. The Kier molecular flexibility index (Phi) is 7.20. The largest absolute Gasteiger partial charge is 0.481 e. The molecule has 2 bridgehead atoms. The van der Waals surface area contributed by atoms with E-state index >= 15 is 0 Å². The molecule has 3 atom stereocenters. The van der Waals surface area contributed by atoms with Crippen LogP contribution in [-0.2, 0) is 4.79 Å². The van der Waals surface area contributed by atoms with Gasteiger partial charge in [-0.1, -0.05) is 77.0 Å². The smallest absolute Gasteiger partial charge is 0.308 e. The third-order valence-electron chi connectivity index (χ3n) is 5.97. The first-order valence-electron chi connectivity index (χ1n) is 9.65. The average molecular weight is 309 g/mol. The molecule has 0 spiro atoms. The molecule has 3 aliphatic rings. The zero-order valence-corrected chi connectivity index (χ0v) is 14.2. The standard InChI is InChI=1S/C19H35NO2/c20-19-14-12-10-8-6-4-2-1-3-5-7-9-11-13-16(15-19)17(19)18(21)22/h16-17H,1-15,20H2,(H,21,22). The summed E-state index contributed by atoms with van der Waals surface area (Å²) in [5.41, 5.74) is 6.03. The van der Waals surface area contributed by atoms with E-state index < -0.39 is 11.5 Å². The summed E-state index contributed by atoms with van der Waals surface area (Å²) in [6.45, 7) is 0. The van der Waals surface area contributed by atoms with Crippen molar-refractivity contribution in [1.29, 1.82) is 0 Å². The molecule has 3 heteroatoms. The number of carbonyl (C=O) groups is 1. The fourth-order valence-corrected chi connectivity index (χ4v) is 4.64. The van der Waals surface area contributed by atoms with E-state index in [2.05, 4.69) is 0 Å². The van der Waals surface area contributed by atoms with Crippen molar-refractivity contribution in [2.75, 3.05) is 0 Å². The summed E-state index contributed by atoms with van der Waals surface area (Å²) >= 11 is 0. The summed E-state index contributed by atoms with van der Waals surface area (Å²) in [6, 6.07) is 0. The predicted octanol–water partition coefficient (Wildman–Crippen LogP) is 4.88. The van der Waals surface area contributed by atoms with Crippen molar-refractivity contribution in [2.45, 2.75) is 102 Å². The van der Waals surface area contributed by atoms with Crippen LogP contribution in [0, 0.1) is 11.8 Å². The predicted molar refractivity (Wildman–Crippen MR) is 90.8 cm³/mol. The molecular weight excluding hydrogens is 274 g/mol. The van der Waals surface area contributed by atoms with Crippen LogP contribution < -0.4 is 5.73 Å². The van der Waals surface area contributed by atoms with Crippen molar-refractivity contribution in [3.63, 3.8) is 0 Å². The number of rotatable bonds is 1. The monoisotopic (exact) mass is 309 g/mol. The van der Waals surface area contributed by atoms with Gasteiger partial charge in [-0.15, -0.1) is 0 Å². The second-order valence-electron chi connectivity index (χ2n) is 7.79. The van der Waals surface area contributed by atoms with E-state index in [0.29, 0.717) is 5.92 Å². The highest BCUT2D eigenvalue weighted by Gasteiger charge is 2.54. The highest BCUT2D eigenvalue weighted by atomic mass is 16.4. The zero-order chi connectivity index (χ0) is 15.8. The molecule has 0 amide bonds. The van der Waals surface area contributed by atoms with E-state index in [1.807, 2.05) is 0 Å². The van der Waals surface area contributed by atoms with Crippen LogP contribution in [0.3, 0.4) is 0 Å². The summed E-state index contributed by atoms with van der Waals surface area (Å²) in [5, 5.41) is 9.55. The van der Waals surface area contributed by atoms with Crippen molar-refractivity contribution in [3.8, 4) is 0 Å². The van der Waals surface area contributed by atoms with Crippen LogP contribution in [0.4, 0.5) is 0 Å². The first kappa shape index (κ1) is 17.8. The Bertz CT molecular complexity index is 340. The van der Waals surface area contributed by atoms with Gasteiger partial charge in [0.05, 0.1) is 5.92 Å². The normalized spacial score (nSPS) is 36.0. The molecule has 3 unspecified atom stereocenters. The Labute approximate surface area is 136 Å². The van der Waals surface area contributed by atoms with Crippen molar-refractivity contribution >= 4 is 5.97 Å². The molecule has 3 saturated carbocycles. The minimum absolute atomic E-state index is 0.289. The number of hydrogen-bond donors (Lipinski definition) is 2. The SMILES string of the molecule is NC12CCCCCCCCCCCCCCC(C1)C2C(=O)O. The lowest BCUT2D eigenvalue weighted by atomic mass is 9.56. The Hall–Kier alpha value is -0.570. The first-order chi connectivity index (χ1) is 10.6. The molecule has 0 aromatic rings. The highest BCUT2D eigenvalue weighted by molar-refractivity contribution is 5.73. The second kappa shape index (κ2) is 8.90. The van der Waals surface area contributed by atoms with Crippen molar-refractivity contribution in [2.24, 2.45) is 17.6 Å². The maximum absolute atomic E-state index is 11.6. The fraction of sp³-hybridized carbons (Fsp3) is 0.947. The Morgan fingerprint density at radius 1 is 0.818 bits per heavy atom. The number of carboxylic acids is 1. The first-order valence-corrected chi connectivity index (χ1v) is 9.65. The van der Waals surface area contributed by atoms with E-state index in [1.165, 1.54) is 70.6 Å². The molecular formula is C19H35NO2. The van der Waals surface area contributed by atoms with E-state index in [1.54, 1.807) is 0 Å². The third kappa shape index (κ3) is 4.97. The van der Waals surface area contributed by atoms with Crippen LogP contribution >= 0.6 is 0 Å². The van der Waals surface area contributed by atoms with Gasteiger partial charge in [-0.2, -0.15) is 0 Å². The molecule has 0 radical (unpaired) electrons. The van der Waals surface area contributed by atoms with E-state index in [0.717, 1.165) is 25.7 Å². The van der Waals surface area contributed by atoms with Crippen LogP contribution in [0.5, 0.6) is 0 Å². The molecule has 3 aliphatic carbocycles. The van der Waals surface area contributed by atoms with Crippen LogP contribution in [0.2, 0.25) is 0 Å². The second-order valence-corrected chi connectivity index (χ2v) is 7.79. The summed E-state index contributed by atoms with van der Waals surface area (Å²) < 4.78 is 0. The average Bonchev–Trinajstić information content (AvgIpc) is 2.45. The number of fused-ring (bicyclic) bond motifs is 13. The molecule has 3 fully saturated rings. The van der Waals surface area contributed by atoms with Crippen LogP contribution in [0.15, 0.2) is 0 Å². The molecule has 3 rings (SSSR count). The minimum Gasteiger partial charge on any atom is -0.481 e. The Balaban J connectivity index is 1.84. The van der Waals surface area contributed by atoms with Crippen molar-refractivity contribution in [1.82, 2.24) is 0 Å². The summed E-state index contributed by atoms with van der Waals surface area (Å²) in [6.07, 6.45) is 18.5. The van der Waals surface area contributed by atoms with Gasteiger partial charge in [0, 0.05) is 5.54 Å². The van der Waals surface area contributed by atoms with Gasteiger partial charge in [0.2, 0.25) is 0 Å². The summed E-state index contributed by atoms with van der Waals surface area (Å²) in [5.74, 6) is -0.613. The van der Waals surface area contributed by atoms with E-state index in [4.69, 9.17) is 5.73 Å². The van der Waals surface area contributed by atoms with Crippen molar-refractivity contribution in [3.05, 3.63) is 0 Å². The molecule has 3 nitrogen and oxygen atoms in total. The maximum Gasteiger partial charge on any atom is 0.308 e. The van der Waals surface area contributed by atoms with Crippen LogP contribution in [-0.4, -0.2) is 16.6 Å². The number of hydrogen-bond acceptors (Lipinski definition) is 2. The lowest BCUT2D eigenvalue weighted by Crippen LogP contribution is -2.63. The molecule has 22 heavy (non-hydrogen) atoms. The fourth-order valence-electron chi connectivity index (χ4n) is 4.64. The van der Waals surface area contributed by atoms with Gasteiger partial charge in [-0.05, 0) is 25.2 Å². The number of nitrogens with two attached hydrogens (primary N) is 1. The van der Waals surface area contributed by atoms with Gasteiger partial charge < -0.3 is 10.8 Å². The summed E-state index contributed by atoms with van der Waals surface area (Å²) in [7, 11) is 0. The number of aliphatic carboxylic acids is 1. The Morgan fingerprint density at radius 3 is 1.77 bits per heavy atom. The maximum atomic E-state index is 11.6. The van der Waals surface area contributed by atoms with Gasteiger partial charge in [-0.3, -0.25) is 4.79 Å². The quantitative estimate of drug-likeness (QED) is 0.725. The van der Waals surface area contributed by atoms with Gasteiger partial charge in [-0.25, -0.2) is 0 Å². The lowest BCUT2D eigenvalue weighted by Gasteiger charge is -2.51. The molecule has 0 saturated heterocycles. The Morgan fingerprint density at radius 2 is 1.27 bits per heavy atom. The van der Waals surface area contributed by atoms with Crippen LogP contribution in [0.25, 0.3) is 0 Å². The van der Waals surface area contributed by atoms with E-state index in [9.17, 15) is 9.90 Å². The third-order valence-corrected chi connectivity index (χ3v) is 5.97. The van der Waals surface area contributed by atoms with Crippen molar-refractivity contribution < 1.29 is 9.90 Å². The molecule has 0 aliphatic heterocycles. The molecule has 3 N–H and O–H groups in total. The zero-order valence-electron chi connectivity index (χ0n) is 14.2. The molecule has 0 heterocycles. The lowest BCUT2D eigenvalue weighted by molar-refractivity contribution is -0.155. The van der Waals surface area contributed by atoms with Crippen LogP contribution in [0.1, 0.15) is 96.3 Å².